The number of rotatable bonds is 8. The molecule has 1 aromatic heterocycles. The molecule has 1 atom stereocenters. The molecule has 0 saturated carbocycles. The first-order valence-corrected chi connectivity index (χ1v) is 9.27. The molecule has 1 aliphatic heterocycles. The van der Waals surface area contributed by atoms with E-state index in [1.165, 1.54) is 0 Å². The van der Waals surface area contributed by atoms with Gasteiger partial charge in [0.25, 0.3) is 0 Å². The number of hydrogen-bond donors (Lipinski definition) is 3. The van der Waals surface area contributed by atoms with E-state index >= 15 is 0 Å². The summed E-state index contributed by atoms with van der Waals surface area (Å²) in [5, 5.41) is 14.0. The number of nitrogens with zero attached hydrogens (tertiary/aromatic N) is 4. The largest absolute Gasteiger partial charge is 0.377 e. The minimum atomic E-state index is 0.0233. The molecule has 3 N–H and O–H groups in total. The fraction of sp³-hybridized carbons (Fsp3) is 0.765. The van der Waals surface area contributed by atoms with Crippen molar-refractivity contribution in [1.82, 2.24) is 30.7 Å². The quantitative estimate of drug-likeness (QED) is 0.449. The summed E-state index contributed by atoms with van der Waals surface area (Å²) in [6.07, 6.45) is 2.21. The van der Waals surface area contributed by atoms with Crippen molar-refractivity contribution in [3.05, 3.63) is 11.6 Å². The van der Waals surface area contributed by atoms with Crippen molar-refractivity contribution < 1.29 is 9.53 Å². The molecule has 0 radical (unpaired) electrons. The highest BCUT2D eigenvalue weighted by atomic mass is 16.5. The van der Waals surface area contributed by atoms with Crippen LogP contribution in [-0.4, -0.2) is 58.9 Å². The Morgan fingerprint density at radius 3 is 2.96 bits per heavy atom. The first-order valence-electron chi connectivity index (χ1n) is 9.27. The van der Waals surface area contributed by atoms with Gasteiger partial charge in [0.2, 0.25) is 5.91 Å². The molecule has 1 aliphatic rings. The Morgan fingerprint density at radius 1 is 1.46 bits per heavy atom. The number of carbonyl (C=O) groups is 1. The van der Waals surface area contributed by atoms with Crippen molar-refractivity contribution in [1.29, 1.82) is 0 Å². The van der Waals surface area contributed by atoms with Gasteiger partial charge in [-0.15, -0.1) is 0 Å². The van der Waals surface area contributed by atoms with Crippen molar-refractivity contribution in [2.75, 3.05) is 20.2 Å². The van der Waals surface area contributed by atoms with E-state index in [-0.39, 0.29) is 18.0 Å². The molecule has 2 heterocycles. The molecule has 0 spiro atoms. The van der Waals surface area contributed by atoms with Gasteiger partial charge in [0.05, 0.1) is 13.1 Å². The van der Waals surface area contributed by atoms with E-state index in [0.717, 1.165) is 43.5 Å². The summed E-state index contributed by atoms with van der Waals surface area (Å²) in [6, 6.07) is 0.377. The second-order valence-corrected chi connectivity index (χ2v) is 6.67. The second-order valence-electron chi connectivity index (χ2n) is 6.67. The molecule has 0 saturated heterocycles. The topological polar surface area (TPSA) is 105 Å². The number of aromatic nitrogens is 3. The molecule has 146 valence electrons. The van der Waals surface area contributed by atoms with Gasteiger partial charge in [0.1, 0.15) is 12.4 Å². The number of aryl methyl sites for hydroxylation is 1. The molecule has 1 unspecified atom stereocenters. The number of hydrogen-bond acceptors (Lipinski definition) is 5. The Labute approximate surface area is 155 Å². The molecule has 1 aromatic rings. The van der Waals surface area contributed by atoms with E-state index < -0.39 is 0 Å². The normalized spacial score (nSPS) is 17.1. The van der Waals surface area contributed by atoms with Gasteiger partial charge in [-0.05, 0) is 27.2 Å². The van der Waals surface area contributed by atoms with Gasteiger partial charge in [0.15, 0.2) is 11.8 Å². The van der Waals surface area contributed by atoms with Crippen molar-refractivity contribution in [2.24, 2.45) is 4.99 Å². The van der Waals surface area contributed by atoms with Gasteiger partial charge in [0, 0.05) is 38.6 Å². The standard InChI is InChI=1S/C17H31N7O2/c1-5-18-17(19-9-8-16(25)20-12(2)3)21-13-6-7-15-22-14(11-26-4)23-24(15)10-13/h12-13H,5-11H2,1-4H3,(H,20,25)(H2,18,19,21). The second kappa shape index (κ2) is 10.1. The first-order chi connectivity index (χ1) is 12.5. The summed E-state index contributed by atoms with van der Waals surface area (Å²) in [5.41, 5.74) is 0. The van der Waals surface area contributed by atoms with Crippen LogP contribution in [0.1, 0.15) is 45.3 Å². The number of nitrogens with one attached hydrogen (secondary N) is 3. The van der Waals surface area contributed by atoms with E-state index in [1.807, 2.05) is 25.5 Å². The Bertz CT molecular complexity index is 612. The zero-order valence-corrected chi connectivity index (χ0v) is 16.2. The van der Waals surface area contributed by atoms with Crippen LogP contribution in [0.15, 0.2) is 4.99 Å². The zero-order valence-electron chi connectivity index (χ0n) is 16.2. The SMILES string of the molecule is CCNC(=NCCC(=O)NC(C)C)NC1CCc2nc(COC)nn2C1. The molecule has 0 aliphatic carbocycles. The Morgan fingerprint density at radius 2 is 2.27 bits per heavy atom. The molecule has 0 aromatic carbocycles. The van der Waals surface area contributed by atoms with E-state index in [9.17, 15) is 4.79 Å². The molecular formula is C17H31N7O2. The highest BCUT2D eigenvalue weighted by Crippen LogP contribution is 2.13. The summed E-state index contributed by atoms with van der Waals surface area (Å²) >= 11 is 0. The molecule has 2 rings (SSSR count). The van der Waals surface area contributed by atoms with Gasteiger partial charge in [-0.3, -0.25) is 9.79 Å². The lowest BCUT2D eigenvalue weighted by Crippen LogP contribution is -2.47. The minimum Gasteiger partial charge on any atom is -0.377 e. The summed E-state index contributed by atoms with van der Waals surface area (Å²) in [6.45, 7) is 8.32. The average molecular weight is 365 g/mol. The smallest absolute Gasteiger partial charge is 0.222 e. The lowest BCUT2D eigenvalue weighted by Gasteiger charge is -2.25. The third-order valence-electron chi connectivity index (χ3n) is 3.92. The predicted octanol–water partition coefficient (Wildman–Crippen LogP) is 0.209. The van der Waals surface area contributed by atoms with Crippen molar-refractivity contribution >= 4 is 11.9 Å². The molecular weight excluding hydrogens is 334 g/mol. The van der Waals surface area contributed by atoms with Gasteiger partial charge in [-0.2, -0.15) is 5.10 Å². The van der Waals surface area contributed by atoms with Crippen LogP contribution in [0.4, 0.5) is 0 Å². The molecule has 0 fully saturated rings. The average Bonchev–Trinajstić information content (AvgIpc) is 2.96. The Kier molecular flexibility index (Phi) is 7.83. The predicted molar refractivity (Wildman–Crippen MR) is 99.9 cm³/mol. The number of fused-ring (bicyclic) bond motifs is 1. The highest BCUT2D eigenvalue weighted by molar-refractivity contribution is 5.81. The zero-order chi connectivity index (χ0) is 18.9. The number of methoxy groups -OCH3 is 1. The third kappa shape index (κ3) is 6.29. The van der Waals surface area contributed by atoms with Crippen LogP contribution in [0.2, 0.25) is 0 Å². The van der Waals surface area contributed by atoms with Gasteiger partial charge >= 0.3 is 0 Å². The maximum atomic E-state index is 11.7. The van der Waals surface area contributed by atoms with Crippen LogP contribution >= 0.6 is 0 Å². The molecule has 0 bridgehead atoms. The lowest BCUT2D eigenvalue weighted by atomic mass is 10.1. The minimum absolute atomic E-state index is 0.0233. The fourth-order valence-corrected chi connectivity index (χ4v) is 2.85. The lowest BCUT2D eigenvalue weighted by molar-refractivity contribution is -0.121. The summed E-state index contributed by atoms with van der Waals surface area (Å²) in [4.78, 5) is 20.7. The maximum Gasteiger partial charge on any atom is 0.222 e. The summed E-state index contributed by atoms with van der Waals surface area (Å²) in [7, 11) is 1.64. The van der Waals surface area contributed by atoms with Crippen molar-refractivity contribution in [3.8, 4) is 0 Å². The first kappa shape index (κ1) is 20.2. The van der Waals surface area contributed by atoms with E-state index in [4.69, 9.17) is 4.74 Å². The van der Waals surface area contributed by atoms with Crippen LogP contribution in [0.5, 0.6) is 0 Å². The molecule has 1 amide bonds. The van der Waals surface area contributed by atoms with E-state index in [1.54, 1.807) is 7.11 Å². The molecule has 26 heavy (non-hydrogen) atoms. The highest BCUT2D eigenvalue weighted by Gasteiger charge is 2.22. The fourth-order valence-electron chi connectivity index (χ4n) is 2.85. The number of guanidine groups is 1. The van der Waals surface area contributed by atoms with E-state index in [0.29, 0.717) is 19.6 Å². The van der Waals surface area contributed by atoms with Gasteiger partial charge in [-0.25, -0.2) is 9.67 Å². The van der Waals surface area contributed by atoms with Crippen LogP contribution in [-0.2, 0) is 29.1 Å². The Balaban J connectivity index is 1.88. The van der Waals surface area contributed by atoms with Crippen LogP contribution in [0, 0.1) is 0 Å². The van der Waals surface area contributed by atoms with Crippen LogP contribution < -0.4 is 16.0 Å². The number of aliphatic imine (C=N–C) groups is 1. The maximum absolute atomic E-state index is 11.7. The van der Waals surface area contributed by atoms with Gasteiger partial charge in [-0.1, -0.05) is 0 Å². The van der Waals surface area contributed by atoms with Crippen molar-refractivity contribution in [2.45, 2.75) is 65.3 Å². The third-order valence-corrected chi connectivity index (χ3v) is 3.92. The van der Waals surface area contributed by atoms with E-state index in [2.05, 4.69) is 31.0 Å². The molecule has 9 heteroatoms. The molecule has 9 nitrogen and oxygen atoms in total. The summed E-state index contributed by atoms with van der Waals surface area (Å²) in [5.74, 6) is 2.48. The monoisotopic (exact) mass is 365 g/mol. The summed E-state index contributed by atoms with van der Waals surface area (Å²) < 4.78 is 7.04. The number of amides is 1. The number of ether oxygens (including phenoxy) is 1. The number of carbonyl (C=O) groups excluding carboxylic acids is 1. The van der Waals surface area contributed by atoms with Gasteiger partial charge < -0.3 is 20.7 Å². The van der Waals surface area contributed by atoms with Crippen LogP contribution in [0.25, 0.3) is 0 Å². The van der Waals surface area contributed by atoms with Crippen LogP contribution in [0.3, 0.4) is 0 Å². The van der Waals surface area contributed by atoms with Crippen molar-refractivity contribution in [3.63, 3.8) is 0 Å². The Hall–Kier alpha value is -2.16.